The van der Waals surface area contributed by atoms with Gasteiger partial charge in [0, 0.05) is 15.4 Å². The molecule has 3 aromatic rings. The van der Waals surface area contributed by atoms with Gasteiger partial charge in [-0.3, -0.25) is 4.79 Å². The second kappa shape index (κ2) is 5.61. The monoisotopic (exact) mass is 344 g/mol. The number of carbonyl (C=O) groups is 1. The normalized spacial score (nSPS) is 10.6. The number of halogens is 1. The Hall–Kier alpha value is -2.27. The number of amides is 1. The Bertz CT molecular complexity index is 811. The molecule has 0 bridgehead atoms. The maximum Gasteiger partial charge on any atom is 0.272 e. The molecule has 0 aliphatic heterocycles. The molecule has 0 aliphatic rings. The van der Waals surface area contributed by atoms with E-state index in [0.717, 1.165) is 26.8 Å². The lowest BCUT2D eigenvalue weighted by atomic mass is 10.2. The molecule has 1 amide bonds. The zero-order valence-electron chi connectivity index (χ0n) is 11.3. The van der Waals surface area contributed by atoms with Crippen LogP contribution in [-0.4, -0.2) is 18.0 Å². The summed E-state index contributed by atoms with van der Waals surface area (Å²) in [5.74, 6) is 0.580. The second-order valence-electron chi connectivity index (χ2n) is 4.57. The molecule has 1 aromatic heterocycles. The molecule has 0 atom stereocenters. The van der Waals surface area contributed by atoms with Crippen molar-refractivity contribution < 1.29 is 9.53 Å². The van der Waals surface area contributed by atoms with Crippen LogP contribution in [-0.2, 0) is 0 Å². The number of nitrogens with one attached hydrogen (secondary N) is 2. The van der Waals surface area contributed by atoms with Crippen molar-refractivity contribution in [3.05, 3.63) is 58.7 Å². The summed E-state index contributed by atoms with van der Waals surface area (Å²) < 4.78 is 6.03. The highest BCUT2D eigenvalue weighted by Crippen LogP contribution is 2.24. The number of carbonyl (C=O) groups excluding carboxylic acids is 1. The fraction of sp³-hybridized carbons (Fsp3) is 0.0625. The second-order valence-corrected chi connectivity index (χ2v) is 5.42. The maximum atomic E-state index is 12.3. The van der Waals surface area contributed by atoms with E-state index in [2.05, 4.69) is 26.2 Å². The topological polar surface area (TPSA) is 54.1 Å². The van der Waals surface area contributed by atoms with E-state index in [4.69, 9.17) is 4.74 Å². The van der Waals surface area contributed by atoms with Crippen LogP contribution in [0.1, 0.15) is 10.5 Å². The van der Waals surface area contributed by atoms with Gasteiger partial charge in [-0.1, -0.05) is 12.1 Å². The Morgan fingerprint density at radius 2 is 2.00 bits per heavy atom. The molecular weight excluding hydrogens is 332 g/mol. The Kier molecular flexibility index (Phi) is 3.66. The standard InChI is InChI=1S/C16H13BrN2O2/c1-21-11-6-7-13-10(8-11)9-15(18-13)16(20)19-14-5-3-2-4-12(14)17/h2-9,18H,1H3,(H,19,20). The molecule has 21 heavy (non-hydrogen) atoms. The summed E-state index contributed by atoms with van der Waals surface area (Å²) in [7, 11) is 1.62. The maximum absolute atomic E-state index is 12.3. The SMILES string of the molecule is COc1ccc2[nH]c(C(=O)Nc3ccccc3Br)cc2c1. The van der Waals surface area contributed by atoms with Crippen LogP contribution in [0.5, 0.6) is 5.75 Å². The lowest BCUT2D eigenvalue weighted by Crippen LogP contribution is -2.12. The minimum absolute atomic E-state index is 0.183. The molecule has 0 saturated heterocycles. The predicted octanol–water partition coefficient (Wildman–Crippen LogP) is 4.19. The molecule has 0 saturated carbocycles. The zero-order chi connectivity index (χ0) is 14.8. The summed E-state index contributed by atoms with van der Waals surface area (Å²) in [6, 6.07) is 14.9. The van der Waals surface area contributed by atoms with Crippen molar-refractivity contribution >= 4 is 38.4 Å². The molecule has 2 aromatic carbocycles. The number of hydrogen-bond donors (Lipinski definition) is 2. The first kappa shape index (κ1) is 13.7. The van der Waals surface area contributed by atoms with Crippen LogP contribution in [0.25, 0.3) is 10.9 Å². The number of rotatable bonds is 3. The number of ether oxygens (including phenoxy) is 1. The van der Waals surface area contributed by atoms with Gasteiger partial charge in [0.25, 0.3) is 5.91 Å². The van der Waals surface area contributed by atoms with Crippen LogP contribution in [0.4, 0.5) is 5.69 Å². The van der Waals surface area contributed by atoms with E-state index < -0.39 is 0 Å². The Balaban J connectivity index is 1.89. The number of anilines is 1. The minimum atomic E-state index is -0.183. The molecule has 4 nitrogen and oxygen atoms in total. The van der Waals surface area contributed by atoms with E-state index in [1.165, 1.54) is 0 Å². The van der Waals surface area contributed by atoms with Crippen LogP contribution >= 0.6 is 15.9 Å². The van der Waals surface area contributed by atoms with Gasteiger partial charge in [-0.2, -0.15) is 0 Å². The fourth-order valence-corrected chi connectivity index (χ4v) is 2.50. The van der Waals surface area contributed by atoms with Gasteiger partial charge < -0.3 is 15.0 Å². The van der Waals surface area contributed by atoms with Gasteiger partial charge in [0.05, 0.1) is 12.8 Å². The molecule has 0 spiro atoms. The average Bonchev–Trinajstić information content (AvgIpc) is 2.92. The molecular formula is C16H13BrN2O2. The highest BCUT2D eigenvalue weighted by molar-refractivity contribution is 9.10. The molecule has 0 fully saturated rings. The number of fused-ring (bicyclic) bond motifs is 1. The van der Waals surface area contributed by atoms with Gasteiger partial charge in [-0.25, -0.2) is 0 Å². The molecule has 1 heterocycles. The summed E-state index contributed by atoms with van der Waals surface area (Å²) in [5, 5.41) is 3.80. The number of para-hydroxylation sites is 1. The van der Waals surface area contributed by atoms with Crippen molar-refractivity contribution in [3.8, 4) is 5.75 Å². The molecule has 5 heteroatoms. The number of benzene rings is 2. The molecule has 0 radical (unpaired) electrons. The molecule has 3 rings (SSSR count). The van der Waals surface area contributed by atoms with Crippen LogP contribution in [0.15, 0.2) is 53.0 Å². The van der Waals surface area contributed by atoms with Gasteiger partial charge in [-0.15, -0.1) is 0 Å². The van der Waals surface area contributed by atoms with E-state index in [1.807, 2.05) is 48.5 Å². The van der Waals surface area contributed by atoms with Gasteiger partial charge in [0.2, 0.25) is 0 Å². The van der Waals surface area contributed by atoms with Gasteiger partial charge in [0.1, 0.15) is 11.4 Å². The molecule has 2 N–H and O–H groups in total. The highest BCUT2D eigenvalue weighted by Gasteiger charge is 2.11. The molecule has 106 valence electrons. The van der Waals surface area contributed by atoms with Crippen molar-refractivity contribution in [2.24, 2.45) is 0 Å². The summed E-state index contributed by atoms with van der Waals surface area (Å²) in [6.07, 6.45) is 0. The van der Waals surface area contributed by atoms with Crippen molar-refractivity contribution in [3.63, 3.8) is 0 Å². The average molecular weight is 345 g/mol. The van der Waals surface area contributed by atoms with Crippen molar-refractivity contribution in [1.82, 2.24) is 4.98 Å². The van der Waals surface area contributed by atoms with Crippen molar-refractivity contribution in [2.45, 2.75) is 0 Å². The number of hydrogen-bond acceptors (Lipinski definition) is 2. The molecule has 0 aliphatic carbocycles. The first-order chi connectivity index (χ1) is 10.2. The van der Waals surface area contributed by atoms with Crippen LogP contribution in [0.2, 0.25) is 0 Å². The molecule has 0 unspecified atom stereocenters. The van der Waals surface area contributed by atoms with Gasteiger partial charge >= 0.3 is 0 Å². The van der Waals surface area contributed by atoms with E-state index in [-0.39, 0.29) is 5.91 Å². The lowest BCUT2D eigenvalue weighted by Gasteiger charge is -2.05. The first-order valence-electron chi connectivity index (χ1n) is 6.40. The smallest absolute Gasteiger partial charge is 0.272 e. The van der Waals surface area contributed by atoms with Gasteiger partial charge in [-0.05, 0) is 52.3 Å². The summed E-state index contributed by atoms with van der Waals surface area (Å²) >= 11 is 3.41. The summed E-state index contributed by atoms with van der Waals surface area (Å²) in [4.78, 5) is 15.4. The third kappa shape index (κ3) is 2.78. The first-order valence-corrected chi connectivity index (χ1v) is 7.19. The number of H-pyrrole nitrogens is 1. The summed E-state index contributed by atoms with van der Waals surface area (Å²) in [6.45, 7) is 0. The van der Waals surface area contributed by atoms with E-state index in [0.29, 0.717) is 5.69 Å². The van der Waals surface area contributed by atoms with Crippen LogP contribution in [0, 0.1) is 0 Å². The zero-order valence-corrected chi connectivity index (χ0v) is 12.9. The van der Waals surface area contributed by atoms with Gasteiger partial charge in [0.15, 0.2) is 0 Å². The Morgan fingerprint density at radius 3 is 2.76 bits per heavy atom. The Morgan fingerprint density at radius 1 is 1.19 bits per heavy atom. The fourth-order valence-electron chi connectivity index (χ4n) is 2.11. The Labute approximate surface area is 130 Å². The van der Waals surface area contributed by atoms with Crippen LogP contribution in [0.3, 0.4) is 0 Å². The third-order valence-electron chi connectivity index (χ3n) is 3.19. The van der Waals surface area contributed by atoms with Crippen LogP contribution < -0.4 is 10.1 Å². The summed E-state index contributed by atoms with van der Waals surface area (Å²) in [5.41, 5.74) is 2.14. The predicted molar refractivity (Wildman–Crippen MR) is 86.9 cm³/mol. The number of aromatic nitrogens is 1. The quantitative estimate of drug-likeness (QED) is 0.748. The third-order valence-corrected chi connectivity index (χ3v) is 3.89. The highest BCUT2D eigenvalue weighted by atomic mass is 79.9. The van der Waals surface area contributed by atoms with E-state index in [9.17, 15) is 4.79 Å². The number of methoxy groups -OCH3 is 1. The largest absolute Gasteiger partial charge is 0.497 e. The van der Waals surface area contributed by atoms with E-state index >= 15 is 0 Å². The number of aromatic amines is 1. The van der Waals surface area contributed by atoms with E-state index in [1.54, 1.807) is 7.11 Å². The minimum Gasteiger partial charge on any atom is -0.497 e. The lowest BCUT2D eigenvalue weighted by molar-refractivity contribution is 0.102. The van der Waals surface area contributed by atoms with Crippen molar-refractivity contribution in [2.75, 3.05) is 12.4 Å². The van der Waals surface area contributed by atoms with Crippen molar-refractivity contribution in [1.29, 1.82) is 0 Å².